The summed E-state index contributed by atoms with van der Waals surface area (Å²) >= 11 is 0. The minimum Gasteiger partial charge on any atom is -0.497 e. The van der Waals surface area contributed by atoms with E-state index in [1.165, 1.54) is 0 Å². The van der Waals surface area contributed by atoms with E-state index in [0.29, 0.717) is 17.7 Å². The maximum atomic E-state index is 12.2. The molecule has 0 aromatic heterocycles. The van der Waals surface area contributed by atoms with Crippen LogP contribution in [0.25, 0.3) is 0 Å². The molecule has 22 heavy (non-hydrogen) atoms. The number of rotatable bonds is 6. The van der Waals surface area contributed by atoms with Gasteiger partial charge >= 0.3 is 5.97 Å². The molecule has 0 saturated heterocycles. The van der Waals surface area contributed by atoms with Crippen LogP contribution in [0.1, 0.15) is 46.1 Å². The number of methoxy groups -OCH3 is 1. The largest absolute Gasteiger partial charge is 0.497 e. The van der Waals surface area contributed by atoms with Crippen LogP contribution in [0, 0.1) is 5.41 Å². The molecule has 0 bridgehead atoms. The number of nitrogens with one attached hydrogen (secondary N) is 1. The molecule has 122 valence electrons. The van der Waals surface area contributed by atoms with Crippen LogP contribution in [0.4, 0.5) is 0 Å². The standard InChI is InChI=1S/C17H25NO4/c1-16(2,3)10-14(19)18-17(4,11-15(20)21)12-7-6-8-13(9-12)22-5/h6-9H,10-11H2,1-5H3,(H,18,19)(H,20,21). The fraction of sp³-hybridized carbons (Fsp3) is 0.529. The molecule has 5 heteroatoms. The van der Waals surface area contributed by atoms with Crippen molar-refractivity contribution in [3.8, 4) is 5.75 Å². The lowest BCUT2D eigenvalue weighted by atomic mass is 9.86. The lowest BCUT2D eigenvalue weighted by molar-refractivity contribution is -0.139. The Labute approximate surface area is 131 Å². The van der Waals surface area contributed by atoms with Crippen LogP contribution in [0.5, 0.6) is 5.75 Å². The van der Waals surface area contributed by atoms with Gasteiger partial charge in [-0.1, -0.05) is 32.9 Å². The average Bonchev–Trinajstić information content (AvgIpc) is 2.35. The Hall–Kier alpha value is -2.04. The molecule has 1 rings (SSSR count). The lowest BCUT2D eigenvalue weighted by Crippen LogP contribution is -2.46. The van der Waals surface area contributed by atoms with Gasteiger partial charge in [-0.15, -0.1) is 0 Å². The van der Waals surface area contributed by atoms with Crippen LogP contribution in [0.3, 0.4) is 0 Å². The number of carboxylic acid groups (broad SMARTS) is 1. The quantitative estimate of drug-likeness (QED) is 0.847. The monoisotopic (exact) mass is 307 g/mol. The summed E-state index contributed by atoms with van der Waals surface area (Å²) in [7, 11) is 1.55. The summed E-state index contributed by atoms with van der Waals surface area (Å²) in [5.41, 5.74) is -0.442. The molecule has 1 aromatic rings. The Balaban J connectivity index is 3.08. The third-order valence-electron chi connectivity index (χ3n) is 3.32. The van der Waals surface area contributed by atoms with Crippen LogP contribution >= 0.6 is 0 Å². The molecule has 0 spiro atoms. The SMILES string of the molecule is COc1cccc(C(C)(CC(=O)O)NC(=O)CC(C)(C)C)c1. The molecular formula is C17H25NO4. The molecule has 0 heterocycles. The molecule has 0 radical (unpaired) electrons. The summed E-state index contributed by atoms with van der Waals surface area (Å²) in [5.74, 6) is -0.514. The summed E-state index contributed by atoms with van der Waals surface area (Å²) in [4.78, 5) is 23.5. The van der Waals surface area contributed by atoms with Gasteiger partial charge in [-0.05, 0) is 30.0 Å². The van der Waals surface area contributed by atoms with Gasteiger partial charge in [0.2, 0.25) is 5.91 Å². The molecule has 1 amide bonds. The Morgan fingerprint density at radius 2 is 1.82 bits per heavy atom. The van der Waals surface area contributed by atoms with E-state index in [9.17, 15) is 14.7 Å². The number of hydrogen-bond acceptors (Lipinski definition) is 3. The van der Waals surface area contributed by atoms with E-state index in [1.807, 2.05) is 20.8 Å². The van der Waals surface area contributed by atoms with Crippen molar-refractivity contribution in [1.82, 2.24) is 5.32 Å². The fourth-order valence-corrected chi connectivity index (χ4v) is 2.32. The molecule has 1 aromatic carbocycles. The highest BCUT2D eigenvalue weighted by atomic mass is 16.5. The van der Waals surface area contributed by atoms with Crippen molar-refractivity contribution >= 4 is 11.9 Å². The zero-order chi connectivity index (χ0) is 17.0. The van der Waals surface area contributed by atoms with E-state index in [0.717, 1.165) is 0 Å². The predicted octanol–water partition coefficient (Wildman–Crippen LogP) is 2.94. The Morgan fingerprint density at radius 1 is 1.18 bits per heavy atom. The van der Waals surface area contributed by atoms with Gasteiger partial charge in [-0.2, -0.15) is 0 Å². The third-order valence-corrected chi connectivity index (χ3v) is 3.32. The highest BCUT2D eigenvalue weighted by Crippen LogP contribution is 2.29. The summed E-state index contributed by atoms with van der Waals surface area (Å²) < 4.78 is 5.18. The molecular weight excluding hydrogens is 282 g/mol. The van der Waals surface area contributed by atoms with Crippen molar-refractivity contribution in [2.75, 3.05) is 7.11 Å². The van der Waals surface area contributed by atoms with Crippen LogP contribution in [0.2, 0.25) is 0 Å². The van der Waals surface area contributed by atoms with Crippen molar-refractivity contribution in [2.24, 2.45) is 5.41 Å². The minimum absolute atomic E-state index is 0.164. The Morgan fingerprint density at radius 3 is 2.32 bits per heavy atom. The zero-order valence-electron chi connectivity index (χ0n) is 13.9. The first kappa shape index (κ1) is 18.0. The molecule has 0 aliphatic rings. The maximum Gasteiger partial charge on any atom is 0.306 e. The van der Waals surface area contributed by atoms with Crippen molar-refractivity contribution in [3.05, 3.63) is 29.8 Å². The second kappa shape index (κ2) is 6.81. The van der Waals surface area contributed by atoms with Gasteiger partial charge in [-0.25, -0.2) is 0 Å². The van der Waals surface area contributed by atoms with E-state index in [4.69, 9.17) is 4.74 Å². The van der Waals surface area contributed by atoms with Gasteiger partial charge in [0, 0.05) is 6.42 Å². The number of ether oxygens (including phenoxy) is 1. The van der Waals surface area contributed by atoms with E-state index in [2.05, 4.69) is 5.32 Å². The van der Waals surface area contributed by atoms with Crippen molar-refractivity contribution in [3.63, 3.8) is 0 Å². The predicted molar refractivity (Wildman–Crippen MR) is 84.8 cm³/mol. The summed E-state index contributed by atoms with van der Waals surface area (Å²) in [5, 5.41) is 12.1. The second-order valence-electron chi connectivity index (χ2n) is 6.92. The first-order valence-electron chi connectivity index (χ1n) is 7.23. The van der Waals surface area contributed by atoms with E-state index >= 15 is 0 Å². The minimum atomic E-state index is -0.983. The average molecular weight is 307 g/mol. The number of amides is 1. The van der Waals surface area contributed by atoms with Crippen molar-refractivity contribution in [1.29, 1.82) is 0 Å². The highest BCUT2D eigenvalue weighted by molar-refractivity contribution is 5.79. The fourth-order valence-electron chi connectivity index (χ4n) is 2.32. The molecule has 2 N–H and O–H groups in total. The smallest absolute Gasteiger partial charge is 0.306 e. The highest BCUT2D eigenvalue weighted by Gasteiger charge is 2.32. The van der Waals surface area contributed by atoms with Crippen LogP contribution in [-0.2, 0) is 15.1 Å². The molecule has 0 aliphatic heterocycles. The molecule has 0 saturated carbocycles. The second-order valence-corrected chi connectivity index (χ2v) is 6.92. The molecule has 0 fully saturated rings. The Bertz CT molecular complexity index is 548. The van der Waals surface area contributed by atoms with E-state index < -0.39 is 11.5 Å². The zero-order valence-corrected chi connectivity index (χ0v) is 13.9. The van der Waals surface area contributed by atoms with Crippen LogP contribution in [0.15, 0.2) is 24.3 Å². The number of carboxylic acids is 1. The third kappa shape index (κ3) is 5.39. The summed E-state index contributed by atoms with van der Waals surface area (Å²) in [6.07, 6.45) is 0.127. The van der Waals surface area contributed by atoms with Gasteiger partial charge in [0.25, 0.3) is 0 Å². The van der Waals surface area contributed by atoms with Gasteiger partial charge in [0.1, 0.15) is 5.75 Å². The lowest BCUT2D eigenvalue weighted by Gasteiger charge is -2.31. The molecule has 0 aliphatic carbocycles. The number of carbonyl (C=O) groups is 2. The summed E-state index contributed by atoms with van der Waals surface area (Å²) in [6.45, 7) is 7.61. The van der Waals surface area contributed by atoms with E-state index in [-0.39, 0.29) is 17.7 Å². The van der Waals surface area contributed by atoms with Gasteiger partial charge in [0.05, 0.1) is 19.1 Å². The number of carbonyl (C=O) groups excluding carboxylic acids is 1. The van der Waals surface area contributed by atoms with Crippen LogP contribution in [-0.4, -0.2) is 24.1 Å². The Kier molecular flexibility index (Phi) is 5.58. The number of benzene rings is 1. The molecule has 1 unspecified atom stereocenters. The number of hydrogen-bond donors (Lipinski definition) is 2. The molecule has 5 nitrogen and oxygen atoms in total. The van der Waals surface area contributed by atoms with Crippen molar-refractivity contribution < 1.29 is 19.4 Å². The maximum absolute atomic E-state index is 12.2. The first-order chi connectivity index (χ1) is 10.1. The van der Waals surface area contributed by atoms with Crippen molar-refractivity contribution in [2.45, 2.75) is 46.1 Å². The van der Waals surface area contributed by atoms with E-state index in [1.54, 1.807) is 38.3 Å². The van der Waals surface area contributed by atoms with Gasteiger partial charge in [0.15, 0.2) is 0 Å². The normalized spacial score (nSPS) is 14.0. The molecule has 1 atom stereocenters. The van der Waals surface area contributed by atoms with Gasteiger partial charge in [-0.3, -0.25) is 9.59 Å². The first-order valence-corrected chi connectivity index (χ1v) is 7.23. The number of aliphatic carboxylic acids is 1. The van der Waals surface area contributed by atoms with Gasteiger partial charge < -0.3 is 15.2 Å². The topological polar surface area (TPSA) is 75.6 Å². The summed E-state index contributed by atoms with van der Waals surface area (Å²) in [6, 6.07) is 7.11. The van der Waals surface area contributed by atoms with Crippen LogP contribution < -0.4 is 10.1 Å².